The first-order chi connectivity index (χ1) is 8.22. The summed E-state index contributed by atoms with van der Waals surface area (Å²) in [5, 5.41) is 4.16. The minimum atomic E-state index is 0.0561. The summed E-state index contributed by atoms with van der Waals surface area (Å²) in [5.41, 5.74) is 1.15. The molecule has 2 nitrogen and oxygen atoms in total. The van der Waals surface area contributed by atoms with Crippen LogP contribution in [0.15, 0.2) is 41.0 Å². The Labute approximate surface area is 119 Å². The second-order valence-corrected chi connectivity index (χ2v) is 5.27. The van der Waals surface area contributed by atoms with Crippen molar-refractivity contribution in [1.29, 1.82) is 0 Å². The topological polar surface area (TPSA) is 25.2 Å². The largest absolute Gasteiger partial charge is 0.467 e. The number of hydrogen-bond donors (Lipinski definition) is 1. The molecule has 0 bridgehead atoms. The molecule has 90 valence electrons. The van der Waals surface area contributed by atoms with Gasteiger partial charge in [0, 0.05) is 8.59 Å². The molecule has 0 amide bonds. The predicted octanol–water partition coefficient (Wildman–Crippen LogP) is 4.24. The Balaban J connectivity index is 2.42. The van der Waals surface area contributed by atoms with Gasteiger partial charge in [0.1, 0.15) is 5.76 Å². The van der Waals surface area contributed by atoms with Crippen molar-refractivity contribution in [3.8, 4) is 0 Å². The van der Waals surface area contributed by atoms with Crippen molar-refractivity contribution in [3.63, 3.8) is 0 Å². The van der Waals surface area contributed by atoms with Crippen molar-refractivity contribution in [2.24, 2.45) is 0 Å². The van der Waals surface area contributed by atoms with Crippen LogP contribution in [0.4, 0.5) is 0 Å². The van der Waals surface area contributed by atoms with Crippen molar-refractivity contribution in [3.05, 3.63) is 56.5 Å². The van der Waals surface area contributed by atoms with Crippen LogP contribution in [0.2, 0.25) is 5.02 Å². The number of halogens is 2. The van der Waals surface area contributed by atoms with E-state index in [9.17, 15) is 0 Å². The molecule has 2 rings (SSSR count). The summed E-state index contributed by atoms with van der Waals surface area (Å²) in [4.78, 5) is 0. The van der Waals surface area contributed by atoms with Gasteiger partial charge in [-0.15, -0.1) is 0 Å². The zero-order valence-electron chi connectivity index (χ0n) is 9.41. The van der Waals surface area contributed by atoms with Gasteiger partial charge in [-0.3, -0.25) is 0 Å². The Morgan fingerprint density at radius 2 is 2.24 bits per heavy atom. The first kappa shape index (κ1) is 12.9. The summed E-state index contributed by atoms with van der Waals surface area (Å²) in [7, 11) is 0. The number of hydrogen-bond acceptors (Lipinski definition) is 2. The molecule has 0 spiro atoms. The van der Waals surface area contributed by atoms with E-state index in [1.807, 2.05) is 30.3 Å². The zero-order chi connectivity index (χ0) is 12.3. The van der Waals surface area contributed by atoms with Crippen LogP contribution in [0.1, 0.15) is 24.3 Å². The maximum Gasteiger partial charge on any atom is 0.125 e. The lowest BCUT2D eigenvalue weighted by Gasteiger charge is -2.17. The van der Waals surface area contributed by atoms with Crippen LogP contribution in [0.25, 0.3) is 0 Å². The molecule has 17 heavy (non-hydrogen) atoms. The molecule has 1 unspecified atom stereocenters. The number of furan rings is 1. The molecular formula is C13H13ClINO. The standard InChI is InChI=1S/C13H13ClINO/c1-2-16-13(12-4-3-7-17-12)10-8-9(14)5-6-11(10)15/h3-8,13,16H,2H2,1H3. The molecule has 1 N–H and O–H groups in total. The average molecular weight is 362 g/mol. The molecule has 1 aromatic carbocycles. The van der Waals surface area contributed by atoms with E-state index in [4.69, 9.17) is 16.0 Å². The highest BCUT2D eigenvalue weighted by Crippen LogP contribution is 2.28. The first-order valence-corrected chi connectivity index (χ1v) is 6.89. The lowest BCUT2D eigenvalue weighted by atomic mass is 10.0. The molecule has 1 aromatic heterocycles. The normalized spacial score (nSPS) is 12.6. The SMILES string of the molecule is CCNC(c1ccco1)c1cc(Cl)ccc1I. The van der Waals surface area contributed by atoms with Crippen molar-refractivity contribution < 1.29 is 4.42 Å². The molecule has 1 heterocycles. The third-order valence-corrected chi connectivity index (χ3v) is 3.72. The van der Waals surface area contributed by atoms with Crippen LogP contribution in [0.5, 0.6) is 0 Å². The summed E-state index contributed by atoms with van der Waals surface area (Å²) in [6.45, 7) is 2.95. The second kappa shape index (κ2) is 5.89. The Bertz CT molecular complexity index is 484. The molecule has 2 aromatic rings. The third kappa shape index (κ3) is 3.03. The average Bonchev–Trinajstić information content (AvgIpc) is 2.83. The van der Waals surface area contributed by atoms with Gasteiger partial charge in [-0.05, 0) is 65.0 Å². The van der Waals surface area contributed by atoms with Crippen molar-refractivity contribution >= 4 is 34.2 Å². The molecule has 0 saturated heterocycles. The molecule has 0 saturated carbocycles. The predicted molar refractivity (Wildman–Crippen MR) is 78.4 cm³/mol. The van der Waals surface area contributed by atoms with Crippen LogP contribution in [0.3, 0.4) is 0 Å². The maximum atomic E-state index is 6.06. The number of rotatable bonds is 4. The highest BCUT2D eigenvalue weighted by Gasteiger charge is 2.18. The van der Waals surface area contributed by atoms with Crippen LogP contribution in [-0.4, -0.2) is 6.54 Å². The van der Waals surface area contributed by atoms with Crippen LogP contribution in [0, 0.1) is 3.57 Å². The second-order valence-electron chi connectivity index (χ2n) is 3.67. The lowest BCUT2D eigenvalue weighted by Crippen LogP contribution is -2.22. The maximum absolute atomic E-state index is 6.06. The number of nitrogens with one attached hydrogen (secondary N) is 1. The Hall–Kier alpha value is -0.520. The quantitative estimate of drug-likeness (QED) is 0.824. The molecule has 1 atom stereocenters. The van der Waals surface area contributed by atoms with E-state index >= 15 is 0 Å². The summed E-state index contributed by atoms with van der Waals surface area (Å²) < 4.78 is 6.66. The monoisotopic (exact) mass is 361 g/mol. The van der Waals surface area contributed by atoms with Gasteiger partial charge in [0.2, 0.25) is 0 Å². The molecular weight excluding hydrogens is 349 g/mol. The molecule has 0 aliphatic heterocycles. The van der Waals surface area contributed by atoms with Gasteiger partial charge in [0.25, 0.3) is 0 Å². The number of benzene rings is 1. The fourth-order valence-corrected chi connectivity index (χ4v) is 2.59. The smallest absolute Gasteiger partial charge is 0.125 e. The fourth-order valence-electron chi connectivity index (χ4n) is 1.76. The van der Waals surface area contributed by atoms with Gasteiger partial charge in [0.05, 0.1) is 12.3 Å². The van der Waals surface area contributed by atoms with E-state index in [1.165, 1.54) is 3.57 Å². The van der Waals surface area contributed by atoms with E-state index in [-0.39, 0.29) is 6.04 Å². The highest BCUT2D eigenvalue weighted by atomic mass is 127. The highest BCUT2D eigenvalue weighted by molar-refractivity contribution is 14.1. The Kier molecular flexibility index (Phi) is 4.48. The van der Waals surface area contributed by atoms with Crippen molar-refractivity contribution in [1.82, 2.24) is 5.32 Å². The van der Waals surface area contributed by atoms with Crippen LogP contribution >= 0.6 is 34.2 Å². The summed E-state index contributed by atoms with van der Waals surface area (Å²) in [6.07, 6.45) is 1.69. The van der Waals surface area contributed by atoms with E-state index < -0.39 is 0 Å². The van der Waals surface area contributed by atoms with Gasteiger partial charge in [-0.2, -0.15) is 0 Å². The van der Waals surface area contributed by atoms with Gasteiger partial charge in [-0.1, -0.05) is 18.5 Å². The summed E-state index contributed by atoms with van der Waals surface area (Å²) in [6, 6.07) is 9.84. The van der Waals surface area contributed by atoms with Gasteiger partial charge in [-0.25, -0.2) is 0 Å². The van der Waals surface area contributed by atoms with Crippen molar-refractivity contribution in [2.45, 2.75) is 13.0 Å². The zero-order valence-corrected chi connectivity index (χ0v) is 12.3. The summed E-state index contributed by atoms with van der Waals surface area (Å²) in [5.74, 6) is 0.909. The lowest BCUT2D eigenvalue weighted by molar-refractivity contribution is 0.451. The van der Waals surface area contributed by atoms with Crippen molar-refractivity contribution in [2.75, 3.05) is 6.54 Å². The third-order valence-electron chi connectivity index (χ3n) is 2.50. The van der Waals surface area contributed by atoms with E-state index in [2.05, 4.69) is 34.8 Å². The van der Waals surface area contributed by atoms with Crippen LogP contribution < -0.4 is 5.32 Å². The molecule has 0 fully saturated rings. The fraction of sp³-hybridized carbons (Fsp3) is 0.231. The Morgan fingerprint density at radius 3 is 2.88 bits per heavy atom. The molecule has 0 radical (unpaired) electrons. The van der Waals surface area contributed by atoms with Gasteiger partial charge >= 0.3 is 0 Å². The molecule has 0 aliphatic carbocycles. The first-order valence-electron chi connectivity index (χ1n) is 5.44. The molecule has 0 aliphatic rings. The molecule has 4 heteroatoms. The van der Waals surface area contributed by atoms with E-state index in [0.29, 0.717) is 0 Å². The van der Waals surface area contributed by atoms with E-state index in [1.54, 1.807) is 6.26 Å². The van der Waals surface area contributed by atoms with Gasteiger partial charge in [0.15, 0.2) is 0 Å². The van der Waals surface area contributed by atoms with E-state index in [0.717, 1.165) is 22.9 Å². The van der Waals surface area contributed by atoms with Gasteiger partial charge < -0.3 is 9.73 Å². The minimum Gasteiger partial charge on any atom is -0.467 e. The Morgan fingerprint density at radius 1 is 1.41 bits per heavy atom. The summed E-state index contributed by atoms with van der Waals surface area (Å²) >= 11 is 8.38. The minimum absolute atomic E-state index is 0.0561. The van der Waals surface area contributed by atoms with Crippen LogP contribution in [-0.2, 0) is 0 Å².